The van der Waals surface area contributed by atoms with Gasteiger partial charge in [-0.05, 0) is 25.7 Å². The number of aromatic nitrogens is 2. The zero-order valence-electron chi connectivity index (χ0n) is 9.49. The molecule has 1 N–H and O–H groups in total. The van der Waals surface area contributed by atoms with Gasteiger partial charge in [0.25, 0.3) is 0 Å². The highest BCUT2D eigenvalue weighted by molar-refractivity contribution is 5.04. The van der Waals surface area contributed by atoms with E-state index in [2.05, 4.69) is 27.2 Å². The summed E-state index contributed by atoms with van der Waals surface area (Å²) < 4.78 is 4.67. The van der Waals surface area contributed by atoms with Gasteiger partial charge in [0.2, 0.25) is 0 Å². The van der Waals surface area contributed by atoms with Gasteiger partial charge in [-0.15, -0.1) is 0 Å². The van der Waals surface area contributed by atoms with Crippen molar-refractivity contribution in [3.63, 3.8) is 0 Å². The second-order valence-electron chi connectivity index (χ2n) is 4.55. The van der Waals surface area contributed by atoms with Crippen molar-refractivity contribution in [2.24, 2.45) is 5.92 Å². The zero-order chi connectivity index (χ0) is 10.7. The molecular formula is C11H19N3O. The molecule has 0 saturated heterocycles. The van der Waals surface area contributed by atoms with Gasteiger partial charge < -0.3 is 5.32 Å². The van der Waals surface area contributed by atoms with Crippen LogP contribution in [0.25, 0.3) is 0 Å². The molecule has 15 heavy (non-hydrogen) atoms. The molecule has 4 nitrogen and oxygen atoms in total. The van der Waals surface area contributed by atoms with Crippen LogP contribution in [0.1, 0.15) is 44.0 Å². The normalized spacial score (nSPS) is 26.8. The van der Waals surface area contributed by atoms with Crippen LogP contribution in [-0.2, 0) is 6.54 Å². The van der Waals surface area contributed by atoms with Gasteiger partial charge in [-0.1, -0.05) is 30.1 Å². The predicted octanol–water partition coefficient (Wildman–Crippen LogP) is 2.05. The van der Waals surface area contributed by atoms with Crippen LogP contribution < -0.4 is 5.32 Å². The summed E-state index contributed by atoms with van der Waals surface area (Å²) in [6.07, 6.45) is 5.35. The fourth-order valence-electron chi connectivity index (χ4n) is 2.26. The van der Waals surface area contributed by atoms with Crippen LogP contribution in [0.3, 0.4) is 0 Å². The largest absolute Gasteiger partial charge is 0.308 e. The minimum atomic E-state index is 0.634. The molecule has 0 aliphatic heterocycles. The maximum absolute atomic E-state index is 4.67. The van der Waals surface area contributed by atoms with Gasteiger partial charge in [0.1, 0.15) is 11.4 Å². The highest BCUT2D eigenvalue weighted by atomic mass is 16.6. The van der Waals surface area contributed by atoms with Crippen LogP contribution in [0.5, 0.6) is 0 Å². The molecule has 84 valence electrons. The smallest absolute Gasteiger partial charge is 0.121 e. The van der Waals surface area contributed by atoms with Crippen molar-refractivity contribution < 1.29 is 4.63 Å². The van der Waals surface area contributed by atoms with E-state index < -0.39 is 0 Å². The topological polar surface area (TPSA) is 51.0 Å². The van der Waals surface area contributed by atoms with E-state index in [1.165, 1.54) is 25.7 Å². The molecule has 1 heterocycles. The van der Waals surface area contributed by atoms with Gasteiger partial charge in [-0.25, -0.2) is 4.63 Å². The first-order chi connectivity index (χ1) is 7.27. The molecule has 2 rings (SSSR count). The maximum atomic E-state index is 4.67. The average molecular weight is 209 g/mol. The summed E-state index contributed by atoms with van der Waals surface area (Å²) in [6.45, 7) is 5.03. The molecule has 0 amide bonds. The van der Waals surface area contributed by atoms with Gasteiger partial charge in [-0.2, -0.15) is 0 Å². The van der Waals surface area contributed by atoms with Crippen molar-refractivity contribution in [2.45, 2.75) is 52.1 Å². The van der Waals surface area contributed by atoms with E-state index >= 15 is 0 Å². The third-order valence-electron chi connectivity index (χ3n) is 3.39. The molecule has 0 aromatic carbocycles. The summed E-state index contributed by atoms with van der Waals surface area (Å²) in [4.78, 5) is 0. The highest BCUT2D eigenvalue weighted by Gasteiger charge is 2.21. The Morgan fingerprint density at radius 3 is 2.80 bits per heavy atom. The minimum absolute atomic E-state index is 0.634. The van der Waals surface area contributed by atoms with E-state index in [1.807, 2.05) is 6.92 Å². The van der Waals surface area contributed by atoms with Crippen LogP contribution in [0.4, 0.5) is 0 Å². The highest BCUT2D eigenvalue weighted by Crippen LogP contribution is 2.23. The molecule has 0 bridgehead atoms. The molecule has 1 aromatic heterocycles. The van der Waals surface area contributed by atoms with Crippen LogP contribution in [0.2, 0.25) is 0 Å². The molecular weight excluding hydrogens is 190 g/mol. The molecule has 1 aliphatic carbocycles. The molecule has 1 saturated carbocycles. The summed E-state index contributed by atoms with van der Waals surface area (Å²) in [5.41, 5.74) is 1.83. The molecule has 2 atom stereocenters. The van der Waals surface area contributed by atoms with Crippen LogP contribution in [0.15, 0.2) is 4.63 Å². The summed E-state index contributed by atoms with van der Waals surface area (Å²) in [5, 5.41) is 11.2. The first-order valence-electron chi connectivity index (χ1n) is 5.79. The Hall–Kier alpha value is -0.900. The minimum Gasteiger partial charge on any atom is -0.308 e. The summed E-state index contributed by atoms with van der Waals surface area (Å²) in [7, 11) is 0. The average Bonchev–Trinajstić information content (AvgIpc) is 2.63. The van der Waals surface area contributed by atoms with E-state index in [4.69, 9.17) is 0 Å². The number of hydrogen-bond donors (Lipinski definition) is 1. The van der Waals surface area contributed by atoms with Crippen molar-refractivity contribution >= 4 is 0 Å². The number of nitrogens with one attached hydrogen (secondary N) is 1. The fourth-order valence-corrected chi connectivity index (χ4v) is 2.26. The second kappa shape index (κ2) is 4.75. The predicted molar refractivity (Wildman–Crippen MR) is 57.3 cm³/mol. The number of aryl methyl sites for hydroxylation is 1. The van der Waals surface area contributed by atoms with E-state index in [0.717, 1.165) is 23.9 Å². The summed E-state index contributed by atoms with van der Waals surface area (Å²) in [6, 6.07) is 0.634. The van der Waals surface area contributed by atoms with Gasteiger partial charge >= 0.3 is 0 Å². The zero-order valence-corrected chi connectivity index (χ0v) is 9.49. The summed E-state index contributed by atoms with van der Waals surface area (Å²) in [5.74, 6) is 0.777. The van der Waals surface area contributed by atoms with Crippen molar-refractivity contribution in [3.05, 3.63) is 11.4 Å². The van der Waals surface area contributed by atoms with E-state index in [0.29, 0.717) is 6.04 Å². The fraction of sp³-hybridized carbons (Fsp3) is 0.818. The van der Waals surface area contributed by atoms with Gasteiger partial charge in [0, 0.05) is 12.6 Å². The monoisotopic (exact) mass is 209 g/mol. The Labute approximate surface area is 90.4 Å². The van der Waals surface area contributed by atoms with Crippen LogP contribution >= 0.6 is 0 Å². The number of nitrogens with zero attached hydrogens (tertiary/aromatic N) is 2. The number of hydrogen-bond acceptors (Lipinski definition) is 4. The SMILES string of the molecule is Cc1nonc1CNC1CCCCC1C. The standard InChI is InChI=1S/C11H19N3O/c1-8-5-3-4-6-10(8)12-7-11-9(2)13-15-14-11/h8,10,12H,3-7H2,1-2H3. The molecule has 2 unspecified atom stereocenters. The number of rotatable bonds is 3. The Morgan fingerprint density at radius 2 is 2.13 bits per heavy atom. The molecule has 1 aromatic rings. The molecule has 1 fully saturated rings. The van der Waals surface area contributed by atoms with E-state index in [-0.39, 0.29) is 0 Å². The lowest BCUT2D eigenvalue weighted by Gasteiger charge is -2.29. The third-order valence-corrected chi connectivity index (χ3v) is 3.39. The van der Waals surface area contributed by atoms with Gasteiger partial charge in [0.05, 0.1) is 0 Å². The van der Waals surface area contributed by atoms with Gasteiger partial charge in [0.15, 0.2) is 0 Å². The van der Waals surface area contributed by atoms with Crippen molar-refractivity contribution in [1.82, 2.24) is 15.6 Å². The lowest BCUT2D eigenvalue weighted by Crippen LogP contribution is -2.36. The quantitative estimate of drug-likeness (QED) is 0.827. The lowest BCUT2D eigenvalue weighted by atomic mass is 9.86. The first kappa shape index (κ1) is 10.6. The van der Waals surface area contributed by atoms with Crippen molar-refractivity contribution in [1.29, 1.82) is 0 Å². The van der Waals surface area contributed by atoms with Gasteiger partial charge in [-0.3, -0.25) is 0 Å². The van der Waals surface area contributed by atoms with Crippen molar-refractivity contribution in [3.8, 4) is 0 Å². The Balaban J connectivity index is 1.84. The van der Waals surface area contributed by atoms with Crippen LogP contribution in [0, 0.1) is 12.8 Å². The first-order valence-corrected chi connectivity index (χ1v) is 5.79. The Morgan fingerprint density at radius 1 is 1.33 bits per heavy atom. The molecule has 0 spiro atoms. The van der Waals surface area contributed by atoms with Crippen molar-refractivity contribution in [2.75, 3.05) is 0 Å². The molecule has 1 aliphatic rings. The molecule has 0 radical (unpaired) electrons. The Kier molecular flexibility index (Phi) is 3.36. The maximum Gasteiger partial charge on any atom is 0.121 e. The molecule has 4 heteroatoms. The van der Waals surface area contributed by atoms with E-state index in [9.17, 15) is 0 Å². The lowest BCUT2D eigenvalue weighted by molar-refractivity contribution is 0.272. The summed E-state index contributed by atoms with van der Waals surface area (Å²) >= 11 is 0. The second-order valence-corrected chi connectivity index (χ2v) is 4.55. The Bertz CT molecular complexity index is 311. The van der Waals surface area contributed by atoms with Crippen LogP contribution in [-0.4, -0.2) is 16.4 Å². The van der Waals surface area contributed by atoms with E-state index in [1.54, 1.807) is 0 Å². The third kappa shape index (κ3) is 2.56.